The molecule has 0 radical (unpaired) electrons. The maximum absolute atomic E-state index is 12.4. The highest BCUT2D eigenvalue weighted by Gasteiger charge is 2.16. The molecule has 3 aromatic carbocycles. The van der Waals surface area contributed by atoms with Crippen molar-refractivity contribution in [2.45, 2.75) is 25.9 Å². The molecule has 0 bridgehead atoms. The number of nitrogens with zero attached hydrogens (tertiary/aromatic N) is 1. The van der Waals surface area contributed by atoms with Crippen LogP contribution >= 0.6 is 11.6 Å². The Balaban J connectivity index is 1.37. The van der Waals surface area contributed by atoms with E-state index in [9.17, 15) is 4.79 Å². The molecule has 1 aliphatic heterocycles. The highest BCUT2D eigenvalue weighted by Crippen LogP contribution is 2.28. The van der Waals surface area contributed by atoms with Crippen molar-refractivity contribution in [3.63, 3.8) is 0 Å². The molecule has 0 spiro atoms. The van der Waals surface area contributed by atoms with Crippen LogP contribution in [0.3, 0.4) is 0 Å². The molecule has 0 atom stereocenters. The number of nitrogens with one attached hydrogen (secondary N) is 1. The summed E-state index contributed by atoms with van der Waals surface area (Å²) in [6.07, 6.45) is 2.33. The van der Waals surface area contributed by atoms with Gasteiger partial charge in [-0.15, -0.1) is 0 Å². The number of fused-ring (bicyclic) bond motifs is 1. The number of hydrogen-bond acceptors (Lipinski definition) is 2. The van der Waals surface area contributed by atoms with E-state index in [1.165, 1.54) is 23.2 Å². The van der Waals surface area contributed by atoms with Gasteiger partial charge in [0.25, 0.3) is 5.91 Å². The largest absolute Gasteiger partial charge is 0.367 e. The Kier molecular flexibility index (Phi) is 5.63. The van der Waals surface area contributed by atoms with Gasteiger partial charge < -0.3 is 10.2 Å². The lowest BCUT2D eigenvalue weighted by atomic mass is 10.0. The van der Waals surface area contributed by atoms with Crippen LogP contribution in [0.25, 0.3) is 0 Å². The highest BCUT2D eigenvalue weighted by molar-refractivity contribution is 6.30. The van der Waals surface area contributed by atoms with Gasteiger partial charge in [-0.3, -0.25) is 4.79 Å². The molecule has 4 heteroatoms. The van der Waals surface area contributed by atoms with Crippen molar-refractivity contribution >= 4 is 23.2 Å². The first-order chi connectivity index (χ1) is 13.7. The van der Waals surface area contributed by atoms with Crippen LogP contribution in [0.15, 0.2) is 72.8 Å². The van der Waals surface area contributed by atoms with Gasteiger partial charge in [0.05, 0.1) is 0 Å². The van der Waals surface area contributed by atoms with E-state index in [0.29, 0.717) is 17.1 Å². The number of carbonyl (C=O) groups is 1. The number of carbonyl (C=O) groups excluding carboxylic acids is 1. The van der Waals surface area contributed by atoms with Gasteiger partial charge in [-0.1, -0.05) is 54.1 Å². The van der Waals surface area contributed by atoms with Crippen LogP contribution in [0.2, 0.25) is 5.02 Å². The number of rotatable bonds is 5. The van der Waals surface area contributed by atoms with Crippen LogP contribution < -0.4 is 10.2 Å². The molecule has 142 valence electrons. The van der Waals surface area contributed by atoms with Crippen molar-refractivity contribution in [3.8, 4) is 0 Å². The minimum absolute atomic E-state index is 0.0650. The van der Waals surface area contributed by atoms with Crippen LogP contribution in [0, 0.1) is 0 Å². The molecule has 0 saturated heterocycles. The van der Waals surface area contributed by atoms with E-state index >= 15 is 0 Å². The molecule has 1 N–H and O–H groups in total. The lowest BCUT2D eigenvalue weighted by molar-refractivity contribution is 0.0951. The maximum atomic E-state index is 12.4. The smallest absolute Gasteiger partial charge is 0.251 e. The van der Waals surface area contributed by atoms with Crippen molar-refractivity contribution < 1.29 is 4.79 Å². The zero-order chi connectivity index (χ0) is 19.3. The number of benzene rings is 3. The fourth-order valence-electron chi connectivity index (χ4n) is 3.64. The minimum Gasteiger partial charge on any atom is -0.367 e. The summed E-state index contributed by atoms with van der Waals surface area (Å²) in [4.78, 5) is 14.8. The summed E-state index contributed by atoms with van der Waals surface area (Å²) >= 11 is 5.89. The summed E-state index contributed by atoms with van der Waals surface area (Å²) in [6.45, 7) is 2.42. The molecule has 0 saturated carbocycles. The summed E-state index contributed by atoms with van der Waals surface area (Å²) in [7, 11) is 0. The summed E-state index contributed by atoms with van der Waals surface area (Å²) in [5, 5.41) is 3.65. The third-order valence-electron chi connectivity index (χ3n) is 5.16. The monoisotopic (exact) mass is 390 g/mol. The molecule has 1 heterocycles. The number of halogens is 1. The third-order valence-corrected chi connectivity index (χ3v) is 5.41. The Hall–Kier alpha value is -2.78. The molecule has 1 amide bonds. The van der Waals surface area contributed by atoms with Crippen molar-refractivity contribution in [1.29, 1.82) is 0 Å². The maximum Gasteiger partial charge on any atom is 0.251 e. The van der Waals surface area contributed by atoms with Crippen molar-refractivity contribution in [2.75, 3.05) is 11.4 Å². The van der Waals surface area contributed by atoms with Crippen molar-refractivity contribution in [2.24, 2.45) is 0 Å². The van der Waals surface area contributed by atoms with E-state index in [-0.39, 0.29) is 5.91 Å². The van der Waals surface area contributed by atoms with Gasteiger partial charge in [0.15, 0.2) is 0 Å². The summed E-state index contributed by atoms with van der Waals surface area (Å²) < 4.78 is 0. The topological polar surface area (TPSA) is 32.3 Å². The summed E-state index contributed by atoms with van der Waals surface area (Å²) in [6, 6.07) is 24.0. The van der Waals surface area contributed by atoms with Gasteiger partial charge in [-0.05, 0) is 59.9 Å². The highest BCUT2D eigenvalue weighted by atomic mass is 35.5. The number of para-hydroxylation sites is 1. The van der Waals surface area contributed by atoms with Crippen LogP contribution in [0.4, 0.5) is 5.69 Å². The molecule has 0 aromatic heterocycles. The second kappa shape index (κ2) is 8.49. The molecular weight excluding hydrogens is 368 g/mol. The molecule has 0 fully saturated rings. The summed E-state index contributed by atoms with van der Waals surface area (Å²) in [5.74, 6) is -0.0650. The van der Waals surface area contributed by atoms with E-state index in [0.717, 1.165) is 25.1 Å². The van der Waals surface area contributed by atoms with E-state index in [1.807, 2.05) is 36.4 Å². The standard InChI is InChI=1S/C24H23ClN2O/c25-22-13-9-18(10-14-22)16-26-24(28)21-11-7-19(8-12-21)17-27-15-3-5-20-4-1-2-6-23(20)27/h1-2,4,6-14H,3,5,15-17H2,(H,26,28). The SMILES string of the molecule is O=C(NCc1ccc(Cl)cc1)c1ccc(CN2CCCc3ccccc32)cc1. The fraction of sp³-hybridized carbons (Fsp3) is 0.208. The van der Waals surface area contributed by atoms with E-state index in [4.69, 9.17) is 11.6 Å². The zero-order valence-corrected chi connectivity index (χ0v) is 16.5. The number of hydrogen-bond donors (Lipinski definition) is 1. The second-order valence-electron chi connectivity index (χ2n) is 7.16. The molecule has 0 aliphatic carbocycles. The lowest BCUT2D eigenvalue weighted by Gasteiger charge is -2.31. The number of amides is 1. The Bertz CT molecular complexity index is 951. The first-order valence-electron chi connectivity index (χ1n) is 9.63. The average molecular weight is 391 g/mol. The van der Waals surface area contributed by atoms with E-state index in [1.54, 1.807) is 0 Å². The zero-order valence-electron chi connectivity index (χ0n) is 15.7. The van der Waals surface area contributed by atoms with Gasteiger partial charge in [-0.25, -0.2) is 0 Å². The molecule has 28 heavy (non-hydrogen) atoms. The predicted molar refractivity (Wildman–Crippen MR) is 115 cm³/mol. The number of anilines is 1. The predicted octanol–water partition coefficient (Wildman–Crippen LogP) is 5.22. The van der Waals surface area contributed by atoms with Crippen molar-refractivity contribution in [1.82, 2.24) is 5.32 Å². The first-order valence-corrected chi connectivity index (χ1v) is 10.0. The fourth-order valence-corrected chi connectivity index (χ4v) is 3.77. The lowest BCUT2D eigenvalue weighted by Crippen LogP contribution is -2.28. The molecule has 4 rings (SSSR count). The van der Waals surface area contributed by atoms with Gasteiger partial charge >= 0.3 is 0 Å². The van der Waals surface area contributed by atoms with Gasteiger partial charge in [0.2, 0.25) is 0 Å². The van der Waals surface area contributed by atoms with Crippen LogP contribution in [0.5, 0.6) is 0 Å². The van der Waals surface area contributed by atoms with Gasteiger partial charge in [0.1, 0.15) is 0 Å². The van der Waals surface area contributed by atoms with Crippen LogP contribution in [-0.2, 0) is 19.5 Å². The van der Waals surface area contributed by atoms with E-state index < -0.39 is 0 Å². The molecule has 3 aromatic rings. The first kappa shape index (κ1) is 18.6. The van der Waals surface area contributed by atoms with E-state index in [2.05, 4.69) is 46.6 Å². The van der Waals surface area contributed by atoms with Gasteiger partial charge in [-0.2, -0.15) is 0 Å². The van der Waals surface area contributed by atoms with Crippen molar-refractivity contribution in [3.05, 3.63) is 100 Å². The second-order valence-corrected chi connectivity index (χ2v) is 7.60. The normalized spacial score (nSPS) is 13.1. The molecule has 1 aliphatic rings. The molecule has 0 unspecified atom stereocenters. The third kappa shape index (κ3) is 4.37. The quantitative estimate of drug-likeness (QED) is 0.647. The van der Waals surface area contributed by atoms with Crippen LogP contribution in [-0.4, -0.2) is 12.5 Å². The Labute approximate surface area is 171 Å². The Morgan fingerprint density at radius 3 is 2.43 bits per heavy atom. The Morgan fingerprint density at radius 1 is 0.929 bits per heavy atom. The average Bonchev–Trinajstić information content (AvgIpc) is 2.74. The summed E-state index contributed by atoms with van der Waals surface area (Å²) in [5.41, 5.74) is 5.67. The van der Waals surface area contributed by atoms with Crippen LogP contribution in [0.1, 0.15) is 33.5 Å². The molecular formula is C24H23ClN2O. The number of aryl methyl sites for hydroxylation is 1. The Morgan fingerprint density at radius 2 is 1.64 bits per heavy atom. The minimum atomic E-state index is -0.0650. The van der Waals surface area contributed by atoms with Gasteiger partial charge in [0, 0.05) is 35.9 Å². The molecule has 3 nitrogen and oxygen atoms in total.